The van der Waals surface area contributed by atoms with Crippen LogP contribution in [0.15, 0.2) is 36.5 Å². The van der Waals surface area contributed by atoms with E-state index >= 15 is 0 Å². The van der Waals surface area contributed by atoms with Gasteiger partial charge in [0.25, 0.3) is 0 Å². The van der Waals surface area contributed by atoms with E-state index in [4.69, 9.17) is 21.3 Å². The Morgan fingerprint density at radius 2 is 2.00 bits per heavy atom. The number of nitrogens with zero attached hydrogens (tertiary/aromatic N) is 4. The topological polar surface area (TPSA) is 72.3 Å². The maximum Gasteiger partial charge on any atom is 0.246 e. The van der Waals surface area contributed by atoms with E-state index in [0.29, 0.717) is 11.1 Å². The van der Waals surface area contributed by atoms with Gasteiger partial charge in [0, 0.05) is 37.9 Å². The Labute approximate surface area is 186 Å². The number of hydrogen-bond donors (Lipinski definition) is 1. The number of piperidine rings is 1. The van der Waals surface area contributed by atoms with Gasteiger partial charge in [0.1, 0.15) is 18.2 Å². The van der Waals surface area contributed by atoms with E-state index in [9.17, 15) is 4.79 Å². The van der Waals surface area contributed by atoms with E-state index in [1.54, 1.807) is 6.20 Å². The molecule has 0 radical (unpaired) electrons. The fraction of sp³-hybridized carbons (Fsp3) is 0.435. The number of ether oxygens (including phenoxy) is 1. The largest absolute Gasteiger partial charge is 0.368 e. The first kappa shape index (κ1) is 20.3. The second kappa shape index (κ2) is 8.48. The second-order valence-electron chi connectivity index (χ2n) is 8.34. The number of aromatic nitrogens is 3. The summed E-state index contributed by atoms with van der Waals surface area (Å²) < 4.78 is 7.89. The average molecular weight is 440 g/mol. The Bertz CT molecular complexity index is 1100. The number of pyridine rings is 1. The zero-order chi connectivity index (χ0) is 21.4. The maximum atomic E-state index is 11.8. The molecule has 0 atom stereocenters. The predicted octanol–water partition coefficient (Wildman–Crippen LogP) is 3.55. The number of benzene rings is 1. The highest BCUT2D eigenvalue weighted by molar-refractivity contribution is 6.33. The van der Waals surface area contributed by atoms with Crippen molar-refractivity contribution in [1.29, 1.82) is 0 Å². The number of fused-ring (bicyclic) bond motifs is 1. The highest BCUT2D eigenvalue weighted by Gasteiger charge is 2.25. The number of hydrogen-bond acceptors (Lipinski definition) is 5. The van der Waals surface area contributed by atoms with E-state index in [-0.39, 0.29) is 18.6 Å². The van der Waals surface area contributed by atoms with Crippen molar-refractivity contribution >= 4 is 34.4 Å². The number of halogens is 1. The molecule has 5 rings (SSSR count). The second-order valence-corrected chi connectivity index (χ2v) is 8.75. The summed E-state index contributed by atoms with van der Waals surface area (Å²) >= 11 is 6.51. The van der Waals surface area contributed by atoms with Gasteiger partial charge < -0.3 is 19.5 Å². The zero-order valence-electron chi connectivity index (χ0n) is 17.6. The van der Waals surface area contributed by atoms with Crippen molar-refractivity contribution in [1.82, 2.24) is 19.9 Å². The molecule has 2 aromatic heterocycles. The Morgan fingerprint density at radius 1 is 1.23 bits per heavy atom. The number of anilines is 1. The van der Waals surface area contributed by atoms with E-state index in [2.05, 4.69) is 25.8 Å². The molecular formula is C23H26ClN5O2. The summed E-state index contributed by atoms with van der Waals surface area (Å²) in [6.07, 6.45) is 5.72. The number of carbonyl (C=O) groups is 1. The Morgan fingerprint density at radius 3 is 2.74 bits per heavy atom. The molecule has 8 heteroatoms. The maximum absolute atomic E-state index is 11.8. The van der Waals surface area contributed by atoms with Crippen LogP contribution in [0.5, 0.6) is 0 Å². The van der Waals surface area contributed by atoms with E-state index in [1.165, 1.54) is 0 Å². The third-order valence-corrected chi connectivity index (χ3v) is 6.33. The molecule has 1 saturated heterocycles. The van der Waals surface area contributed by atoms with Gasteiger partial charge in [-0.25, -0.2) is 9.97 Å². The predicted molar refractivity (Wildman–Crippen MR) is 121 cm³/mol. The lowest BCUT2D eigenvalue weighted by atomic mass is 10.1. The molecule has 1 aliphatic carbocycles. The van der Waals surface area contributed by atoms with E-state index in [1.807, 2.05) is 31.3 Å². The van der Waals surface area contributed by atoms with Crippen molar-refractivity contribution in [2.45, 2.75) is 37.8 Å². The van der Waals surface area contributed by atoms with Crippen LogP contribution in [0.25, 0.3) is 22.4 Å². The number of nitrogens with one attached hydrogen (secondary N) is 1. The number of carbonyl (C=O) groups excluding carboxylic acids is 1. The molecule has 0 unspecified atom stereocenters. The third-order valence-electron chi connectivity index (χ3n) is 6.03. The van der Waals surface area contributed by atoms with Gasteiger partial charge in [0.2, 0.25) is 5.91 Å². The van der Waals surface area contributed by atoms with E-state index in [0.717, 1.165) is 67.0 Å². The highest BCUT2D eigenvalue weighted by atomic mass is 35.5. The monoisotopic (exact) mass is 439 g/mol. The van der Waals surface area contributed by atoms with Gasteiger partial charge in [-0.2, -0.15) is 0 Å². The van der Waals surface area contributed by atoms with Crippen LogP contribution in [0.3, 0.4) is 0 Å². The molecule has 1 saturated carbocycles. The Hall–Kier alpha value is -2.64. The molecule has 1 aliphatic heterocycles. The van der Waals surface area contributed by atoms with Gasteiger partial charge in [0.05, 0.1) is 22.2 Å². The minimum Gasteiger partial charge on any atom is -0.368 e. The highest BCUT2D eigenvalue weighted by Crippen LogP contribution is 2.32. The number of imidazole rings is 1. The molecular weight excluding hydrogens is 414 g/mol. The quantitative estimate of drug-likeness (QED) is 0.635. The fourth-order valence-corrected chi connectivity index (χ4v) is 4.29. The lowest BCUT2D eigenvalue weighted by Gasteiger charge is -2.32. The van der Waals surface area contributed by atoms with Crippen molar-refractivity contribution in [3.8, 4) is 11.4 Å². The van der Waals surface area contributed by atoms with E-state index < -0.39 is 0 Å². The van der Waals surface area contributed by atoms with Crippen LogP contribution in [0, 0.1) is 0 Å². The molecule has 0 spiro atoms. The first-order valence-corrected chi connectivity index (χ1v) is 11.2. The molecule has 0 bridgehead atoms. The minimum absolute atomic E-state index is 0.00334. The van der Waals surface area contributed by atoms with Gasteiger partial charge in [0.15, 0.2) is 0 Å². The number of para-hydroxylation sites is 2. The molecule has 1 amide bonds. The van der Waals surface area contributed by atoms with Crippen molar-refractivity contribution in [3.63, 3.8) is 0 Å². The first-order valence-electron chi connectivity index (χ1n) is 10.8. The van der Waals surface area contributed by atoms with Crippen molar-refractivity contribution in [2.75, 3.05) is 24.6 Å². The van der Waals surface area contributed by atoms with Crippen LogP contribution in [0.2, 0.25) is 5.02 Å². The summed E-state index contributed by atoms with van der Waals surface area (Å²) in [5, 5.41) is 3.55. The lowest BCUT2D eigenvalue weighted by molar-refractivity contribution is -0.128. The van der Waals surface area contributed by atoms with Gasteiger partial charge in [-0.3, -0.25) is 4.79 Å². The third kappa shape index (κ3) is 4.38. The van der Waals surface area contributed by atoms with Crippen molar-refractivity contribution in [2.24, 2.45) is 7.05 Å². The Kier molecular flexibility index (Phi) is 5.54. The smallest absolute Gasteiger partial charge is 0.246 e. The number of aryl methyl sites for hydroxylation is 1. The molecule has 3 aromatic rings. The molecule has 7 nitrogen and oxygen atoms in total. The number of amides is 1. The van der Waals surface area contributed by atoms with Crippen LogP contribution in [0.4, 0.5) is 5.82 Å². The summed E-state index contributed by atoms with van der Waals surface area (Å²) in [6.45, 7) is 1.80. The standard InChI is InChI=1S/C23H26ClN5O2/c1-28-20-5-3-2-4-19(20)27-23(28)17-12-21(25-13-18(17)24)29-10-8-16(9-11-29)31-14-22(30)26-15-6-7-15/h2-5,12-13,15-16H,6-11,14H2,1H3,(H,26,30). The van der Waals surface area contributed by atoms with Crippen LogP contribution < -0.4 is 10.2 Å². The summed E-state index contributed by atoms with van der Waals surface area (Å²) in [5.74, 6) is 1.71. The minimum atomic E-state index is -0.00334. The van der Waals surface area contributed by atoms with Gasteiger partial charge in [-0.15, -0.1) is 0 Å². The molecule has 3 heterocycles. The Balaban J connectivity index is 1.26. The zero-order valence-corrected chi connectivity index (χ0v) is 18.3. The summed E-state index contributed by atoms with van der Waals surface area (Å²) in [5.41, 5.74) is 2.88. The van der Waals surface area contributed by atoms with Crippen LogP contribution >= 0.6 is 11.6 Å². The van der Waals surface area contributed by atoms with Crippen molar-refractivity contribution in [3.05, 3.63) is 41.6 Å². The fourth-order valence-electron chi connectivity index (χ4n) is 4.10. The summed E-state index contributed by atoms with van der Waals surface area (Å²) in [6, 6.07) is 10.4. The SMILES string of the molecule is Cn1c(-c2cc(N3CCC(OCC(=O)NC4CC4)CC3)ncc2Cl)nc2ccccc21. The van der Waals surface area contributed by atoms with Crippen LogP contribution in [0.1, 0.15) is 25.7 Å². The number of rotatable bonds is 6. The summed E-state index contributed by atoms with van der Waals surface area (Å²) in [4.78, 5) is 23.4. The average Bonchev–Trinajstić information content (AvgIpc) is 3.54. The molecule has 31 heavy (non-hydrogen) atoms. The summed E-state index contributed by atoms with van der Waals surface area (Å²) in [7, 11) is 2.00. The molecule has 162 valence electrons. The van der Waals surface area contributed by atoms with Gasteiger partial charge >= 0.3 is 0 Å². The van der Waals surface area contributed by atoms with Gasteiger partial charge in [-0.05, 0) is 43.9 Å². The van der Waals surface area contributed by atoms with Crippen LogP contribution in [-0.2, 0) is 16.6 Å². The molecule has 1 N–H and O–H groups in total. The van der Waals surface area contributed by atoms with Gasteiger partial charge in [-0.1, -0.05) is 23.7 Å². The van der Waals surface area contributed by atoms with Crippen molar-refractivity contribution < 1.29 is 9.53 Å². The van der Waals surface area contributed by atoms with Crippen LogP contribution in [-0.4, -0.2) is 52.3 Å². The normalized spacial score (nSPS) is 17.3. The molecule has 2 aliphatic rings. The lowest BCUT2D eigenvalue weighted by Crippen LogP contribution is -2.39. The molecule has 2 fully saturated rings. The first-order chi connectivity index (χ1) is 15.1. The molecule has 1 aromatic carbocycles.